The number of nitrogens with one attached hydrogen (secondary N) is 2. The second-order valence-corrected chi connectivity index (χ2v) is 21.7. The third kappa shape index (κ3) is 15.3. The number of nitrogens with two attached hydrogens (primary N) is 2. The summed E-state index contributed by atoms with van der Waals surface area (Å²) in [5, 5.41) is 5.87. The highest BCUT2D eigenvalue weighted by atomic mass is 16.5. The summed E-state index contributed by atoms with van der Waals surface area (Å²) in [6, 6.07) is 31.4. The van der Waals surface area contributed by atoms with Crippen molar-refractivity contribution in [3.63, 3.8) is 0 Å². The van der Waals surface area contributed by atoms with Gasteiger partial charge in [0.2, 0.25) is 23.6 Å². The first-order valence-electron chi connectivity index (χ1n) is 28.6. The number of benzene rings is 4. The van der Waals surface area contributed by atoms with Gasteiger partial charge in [-0.3, -0.25) is 28.8 Å². The van der Waals surface area contributed by atoms with E-state index in [0.29, 0.717) is 102 Å². The van der Waals surface area contributed by atoms with Crippen molar-refractivity contribution in [1.29, 1.82) is 0 Å². The Morgan fingerprint density at radius 1 is 0.524 bits per heavy atom. The minimum atomic E-state index is -0.838. The molecule has 2 saturated heterocycles. The molecule has 6 N–H and O–H groups in total. The largest absolute Gasteiger partial charge is 0.497 e. The van der Waals surface area contributed by atoms with Crippen LogP contribution in [0.15, 0.2) is 134 Å². The van der Waals surface area contributed by atoms with E-state index in [1.54, 1.807) is 49.1 Å². The molecule has 0 aliphatic carbocycles. The summed E-state index contributed by atoms with van der Waals surface area (Å²) in [7, 11) is 6.89. The topological polar surface area (TPSA) is 239 Å². The van der Waals surface area contributed by atoms with Gasteiger partial charge in [-0.2, -0.15) is 0 Å². The molecule has 8 rings (SSSR count). The van der Waals surface area contributed by atoms with Gasteiger partial charge in [0.1, 0.15) is 35.1 Å². The summed E-state index contributed by atoms with van der Waals surface area (Å²) in [5.41, 5.74) is 16.8. The Labute approximate surface area is 482 Å². The maximum absolute atomic E-state index is 13.9. The van der Waals surface area contributed by atoms with E-state index in [2.05, 4.69) is 20.6 Å². The number of Topliss-reactive ketones (excluding diaryl/α,β-unsaturated/α-hetero) is 2. The molecule has 0 spiro atoms. The Hall–Kier alpha value is -7.96. The van der Waals surface area contributed by atoms with Gasteiger partial charge in [0.25, 0.3) is 0 Å². The summed E-state index contributed by atoms with van der Waals surface area (Å²) < 4.78 is 14.2. The first-order valence-corrected chi connectivity index (χ1v) is 28.6. The van der Waals surface area contributed by atoms with Crippen LogP contribution >= 0.6 is 0 Å². The van der Waals surface area contributed by atoms with Gasteiger partial charge in [-0.15, -0.1) is 0 Å². The average Bonchev–Trinajstić information content (AvgIpc) is 4.26. The smallest absolute Gasteiger partial charge is 0.245 e. The zero-order chi connectivity index (χ0) is 58.8. The number of ether oxygens (including phenoxy) is 2. The van der Waals surface area contributed by atoms with Crippen molar-refractivity contribution in [3.8, 4) is 11.5 Å². The van der Waals surface area contributed by atoms with Crippen LogP contribution in [0, 0.1) is 0 Å². The van der Waals surface area contributed by atoms with Crippen molar-refractivity contribution < 1.29 is 38.2 Å². The lowest BCUT2D eigenvalue weighted by atomic mass is 9.68. The molecule has 2 aliphatic rings. The molecule has 0 unspecified atom stereocenters. The van der Waals surface area contributed by atoms with Crippen LogP contribution in [-0.4, -0.2) is 129 Å². The quantitative estimate of drug-likeness (QED) is 0.0554. The standard InChI is InChI=1S/2C32H41N5O4/c2*1-4-8-29(38)32(24-9-6-5-7-10-24)15-17-37(18-16-32)31(40)28(19-23-11-13-26(41-3)14-12-23)35-30(39)27(33)20-25-21-34-22-36(25)2/h2*5-7,9-14,21-22,27-28H,4,8,15-20,33H2,1-3H3,(H,35,39)/t2*27-,28+/m00/s1. The molecule has 2 aromatic heterocycles. The van der Waals surface area contributed by atoms with Gasteiger partial charge in [-0.1, -0.05) is 98.8 Å². The molecule has 82 heavy (non-hydrogen) atoms. The second kappa shape index (κ2) is 29.1. The number of aromatic nitrogens is 4. The third-order valence-electron chi connectivity index (χ3n) is 16.3. The van der Waals surface area contributed by atoms with E-state index in [-0.39, 0.29) is 23.4 Å². The van der Waals surface area contributed by atoms with Crippen LogP contribution in [0.5, 0.6) is 11.5 Å². The average molecular weight is 1120 g/mol. The highest BCUT2D eigenvalue weighted by molar-refractivity contribution is 5.94. The summed E-state index contributed by atoms with van der Waals surface area (Å²) in [6.45, 7) is 5.75. The van der Waals surface area contributed by atoms with Crippen LogP contribution in [-0.2, 0) is 79.4 Å². The first kappa shape index (κ1) is 61.7. The van der Waals surface area contributed by atoms with Crippen LogP contribution in [0.2, 0.25) is 0 Å². The summed E-state index contributed by atoms with van der Waals surface area (Å²) in [5.74, 6) is 0.731. The van der Waals surface area contributed by atoms with Crippen molar-refractivity contribution in [2.75, 3.05) is 40.4 Å². The van der Waals surface area contributed by atoms with E-state index < -0.39 is 46.8 Å². The van der Waals surface area contributed by atoms with Crippen molar-refractivity contribution >= 4 is 35.2 Å². The lowest BCUT2D eigenvalue weighted by Gasteiger charge is -2.42. The molecule has 0 radical (unpaired) electrons. The molecule has 4 aromatic carbocycles. The number of nitrogens with zero attached hydrogens (tertiary/aromatic N) is 6. The first-order chi connectivity index (χ1) is 39.5. The Bertz CT molecular complexity index is 2830. The number of ketones is 2. The van der Waals surface area contributed by atoms with Crippen LogP contribution in [0.4, 0.5) is 0 Å². The molecule has 0 saturated carbocycles. The fourth-order valence-corrected chi connectivity index (χ4v) is 11.3. The Balaban J connectivity index is 0.000000236. The molecule has 18 nitrogen and oxygen atoms in total. The number of aryl methyl sites for hydroxylation is 2. The van der Waals surface area contributed by atoms with Crippen molar-refractivity contribution in [2.45, 2.75) is 126 Å². The minimum Gasteiger partial charge on any atom is -0.497 e. The molecule has 2 aliphatic heterocycles. The van der Waals surface area contributed by atoms with Crippen LogP contribution < -0.4 is 31.6 Å². The minimum absolute atomic E-state index is 0.175. The van der Waals surface area contributed by atoms with E-state index >= 15 is 0 Å². The highest BCUT2D eigenvalue weighted by Gasteiger charge is 2.45. The predicted molar refractivity (Wildman–Crippen MR) is 315 cm³/mol. The lowest BCUT2D eigenvalue weighted by Crippen LogP contribution is -2.57. The Kier molecular flexibility index (Phi) is 21.9. The Morgan fingerprint density at radius 2 is 0.866 bits per heavy atom. The van der Waals surface area contributed by atoms with E-state index in [1.807, 2.05) is 146 Å². The highest BCUT2D eigenvalue weighted by Crippen LogP contribution is 2.39. The number of hydrogen-bond acceptors (Lipinski definition) is 12. The number of piperidine rings is 2. The van der Waals surface area contributed by atoms with Crippen LogP contribution in [0.25, 0.3) is 0 Å². The number of carbonyl (C=O) groups is 6. The fourth-order valence-electron chi connectivity index (χ4n) is 11.3. The van der Waals surface area contributed by atoms with E-state index in [9.17, 15) is 28.8 Å². The molecular weight excluding hydrogens is 1040 g/mol. The van der Waals surface area contributed by atoms with E-state index in [4.69, 9.17) is 20.9 Å². The number of methoxy groups -OCH3 is 2. The number of rotatable bonds is 24. The third-order valence-corrected chi connectivity index (χ3v) is 16.3. The Morgan fingerprint density at radius 3 is 1.16 bits per heavy atom. The predicted octanol–water partition coefficient (Wildman–Crippen LogP) is 5.91. The number of amides is 4. The normalized spacial score (nSPS) is 16.0. The fraction of sp³-hybridized carbons (Fsp3) is 0.438. The molecule has 4 heterocycles. The number of carbonyl (C=O) groups excluding carboxylic acids is 6. The zero-order valence-corrected chi connectivity index (χ0v) is 48.4. The number of hydrogen-bond donors (Lipinski definition) is 4. The van der Waals surface area contributed by atoms with Gasteiger partial charge in [0, 0.05) is 103 Å². The van der Waals surface area contributed by atoms with Crippen molar-refractivity contribution in [1.82, 2.24) is 39.5 Å². The van der Waals surface area contributed by atoms with E-state index in [1.165, 1.54) is 0 Å². The maximum Gasteiger partial charge on any atom is 0.245 e. The molecule has 4 atom stereocenters. The van der Waals surface area contributed by atoms with Gasteiger partial charge in [-0.05, 0) is 85.0 Å². The number of likely N-dealkylation sites (tertiary alicyclic amines) is 2. The SMILES string of the molecule is CCCC(=O)C1(c2ccccc2)CCN(C(=O)[C@@H](Cc2ccc(OC)cc2)NC(=O)[C@@H](N)Cc2cncn2C)CC1.CCCC(=O)C1(c2ccccc2)CCN(C(=O)[C@@H](Cc2ccc(OC)cc2)NC(=O)[C@@H](N)Cc2cncn2C)CC1. The monoisotopic (exact) mass is 1120 g/mol. The second-order valence-electron chi connectivity index (χ2n) is 21.7. The molecule has 0 bridgehead atoms. The summed E-state index contributed by atoms with van der Waals surface area (Å²) in [6.07, 6.45) is 12.7. The molecular formula is C64H82N10O8. The lowest BCUT2D eigenvalue weighted by molar-refractivity contribution is -0.139. The van der Waals surface area contributed by atoms with Gasteiger partial charge >= 0.3 is 0 Å². The van der Waals surface area contributed by atoms with Gasteiger partial charge in [0.15, 0.2) is 0 Å². The molecule has 6 aromatic rings. The molecule has 4 amide bonds. The molecule has 2 fully saturated rings. The number of imidazole rings is 2. The van der Waals surface area contributed by atoms with E-state index in [0.717, 1.165) is 46.5 Å². The summed E-state index contributed by atoms with van der Waals surface area (Å²) >= 11 is 0. The van der Waals surface area contributed by atoms with Crippen LogP contribution in [0.1, 0.15) is 98.9 Å². The molecule has 436 valence electrons. The molecule has 18 heteroatoms. The van der Waals surface area contributed by atoms with Gasteiger partial charge in [-0.25, -0.2) is 9.97 Å². The van der Waals surface area contributed by atoms with Crippen LogP contribution in [0.3, 0.4) is 0 Å². The summed E-state index contributed by atoms with van der Waals surface area (Å²) in [4.78, 5) is 92.9. The van der Waals surface area contributed by atoms with Crippen molar-refractivity contribution in [3.05, 3.63) is 168 Å². The van der Waals surface area contributed by atoms with Gasteiger partial charge < -0.3 is 50.5 Å². The zero-order valence-electron chi connectivity index (χ0n) is 48.4. The van der Waals surface area contributed by atoms with Crippen molar-refractivity contribution in [2.24, 2.45) is 25.6 Å². The maximum atomic E-state index is 13.9. The van der Waals surface area contributed by atoms with Gasteiger partial charge in [0.05, 0.1) is 49.8 Å².